The molecule has 0 aliphatic carbocycles. The number of aromatic nitrogens is 4. The quantitative estimate of drug-likeness (QED) is 0.322. The summed E-state index contributed by atoms with van der Waals surface area (Å²) in [5, 5.41) is 10.7. The maximum absolute atomic E-state index is 12.7. The number of pyridine rings is 2. The molecule has 1 aliphatic rings. The maximum Gasteiger partial charge on any atom is 0.410 e. The Balaban J connectivity index is 1.39. The van der Waals surface area contributed by atoms with Crippen molar-refractivity contribution in [3.8, 4) is 17.4 Å². The van der Waals surface area contributed by atoms with Crippen molar-refractivity contribution in [3.05, 3.63) is 64.3 Å². The second kappa shape index (κ2) is 11.5. The second-order valence-electron chi connectivity index (χ2n) is 10.3. The van der Waals surface area contributed by atoms with Crippen molar-refractivity contribution in [3.63, 3.8) is 0 Å². The van der Waals surface area contributed by atoms with Crippen molar-refractivity contribution < 1.29 is 19.0 Å². The number of hydrogen-bond acceptors (Lipinski definition) is 10. The first-order chi connectivity index (χ1) is 19.6. The first-order valence-corrected chi connectivity index (χ1v) is 13.3. The van der Waals surface area contributed by atoms with Gasteiger partial charge in [0.05, 0.1) is 24.4 Å². The predicted molar refractivity (Wildman–Crippen MR) is 156 cm³/mol. The van der Waals surface area contributed by atoms with Crippen molar-refractivity contribution in [2.24, 2.45) is 0 Å². The number of anilines is 3. The third-order valence-electron chi connectivity index (χ3n) is 6.31. The van der Waals surface area contributed by atoms with Crippen molar-refractivity contribution in [2.45, 2.75) is 26.4 Å². The molecule has 12 nitrogen and oxygen atoms in total. The third-order valence-corrected chi connectivity index (χ3v) is 6.59. The third kappa shape index (κ3) is 6.43. The number of carbonyl (C=O) groups is 1. The number of benzene rings is 1. The van der Waals surface area contributed by atoms with Crippen molar-refractivity contribution in [1.82, 2.24) is 25.1 Å². The SMILES string of the molecule is COc1cc(N2CCN(C(=O)OC(C)(C)C)CC2)ccc1Nc1nc(Oc2ccncc2Cl)cc2cn[nH]c(=O)c12. The number of aromatic amines is 1. The average Bonchev–Trinajstić information content (AvgIpc) is 2.93. The normalized spacial score (nSPS) is 13.7. The van der Waals surface area contributed by atoms with Gasteiger partial charge in [-0.15, -0.1) is 0 Å². The highest BCUT2D eigenvalue weighted by Gasteiger charge is 2.26. The van der Waals surface area contributed by atoms with E-state index in [0.717, 1.165) is 5.69 Å². The summed E-state index contributed by atoms with van der Waals surface area (Å²) in [4.78, 5) is 37.6. The molecule has 0 saturated carbocycles. The molecular formula is C28H30ClN7O5. The molecular weight excluding hydrogens is 550 g/mol. The van der Waals surface area contributed by atoms with Gasteiger partial charge in [0.2, 0.25) is 5.88 Å². The summed E-state index contributed by atoms with van der Waals surface area (Å²) in [5.41, 5.74) is 0.571. The van der Waals surface area contributed by atoms with E-state index in [1.807, 2.05) is 39.0 Å². The van der Waals surface area contributed by atoms with Crippen LogP contribution in [-0.4, -0.2) is 70.0 Å². The van der Waals surface area contributed by atoms with E-state index in [-0.39, 0.29) is 17.8 Å². The Hall–Kier alpha value is -4.58. The van der Waals surface area contributed by atoms with Crippen molar-refractivity contribution >= 4 is 45.7 Å². The number of rotatable bonds is 6. The molecule has 3 aromatic heterocycles. The smallest absolute Gasteiger partial charge is 0.410 e. The zero-order chi connectivity index (χ0) is 29.1. The lowest BCUT2D eigenvalue weighted by Gasteiger charge is -2.37. The van der Waals surface area contributed by atoms with Gasteiger partial charge in [-0.2, -0.15) is 10.1 Å². The van der Waals surface area contributed by atoms with Gasteiger partial charge in [0.15, 0.2) is 5.75 Å². The Morgan fingerprint density at radius 3 is 2.56 bits per heavy atom. The van der Waals surface area contributed by atoms with Crippen LogP contribution in [0.1, 0.15) is 20.8 Å². The highest BCUT2D eigenvalue weighted by atomic mass is 35.5. The summed E-state index contributed by atoms with van der Waals surface area (Å²) < 4.78 is 17.1. The van der Waals surface area contributed by atoms with Gasteiger partial charge in [0.25, 0.3) is 5.56 Å². The number of piperazine rings is 1. The molecule has 0 bridgehead atoms. The van der Waals surface area contributed by atoms with Gasteiger partial charge in [-0.1, -0.05) is 11.6 Å². The topological polar surface area (TPSA) is 135 Å². The van der Waals surface area contributed by atoms with Crippen LogP contribution in [0.2, 0.25) is 5.02 Å². The molecule has 0 spiro atoms. The first kappa shape index (κ1) is 28.0. The molecule has 4 heterocycles. The van der Waals surface area contributed by atoms with Gasteiger partial charge >= 0.3 is 6.09 Å². The summed E-state index contributed by atoms with van der Waals surface area (Å²) in [7, 11) is 1.57. The van der Waals surface area contributed by atoms with Gasteiger partial charge < -0.3 is 29.3 Å². The number of hydrogen-bond donors (Lipinski definition) is 2. The van der Waals surface area contributed by atoms with E-state index in [4.69, 9.17) is 25.8 Å². The molecule has 1 fully saturated rings. The van der Waals surface area contributed by atoms with Gasteiger partial charge in [-0.3, -0.25) is 9.78 Å². The van der Waals surface area contributed by atoms with Crippen LogP contribution in [0.4, 0.5) is 22.0 Å². The number of halogens is 1. The summed E-state index contributed by atoms with van der Waals surface area (Å²) in [6, 6.07) is 8.92. The van der Waals surface area contributed by atoms with Crippen LogP contribution in [0.25, 0.3) is 10.8 Å². The molecule has 1 saturated heterocycles. The van der Waals surface area contributed by atoms with E-state index in [1.165, 1.54) is 12.4 Å². The molecule has 41 heavy (non-hydrogen) atoms. The molecule has 4 aromatic rings. The fraction of sp³-hybridized carbons (Fsp3) is 0.321. The number of fused-ring (bicyclic) bond motifs is 1. The van der Waals surface area contributed by atoms with Crippen LogP contribution < -0.4 is 25.2 Å². The fourth-order valence-corrected chi connectivity index (χ4v) is 4.54. The number of H-pyrrole nitrogens is 1. The zero-order valence-electron chi connectivity index (χ0n) is 23.1. The largest absolute Gasteiger partial charge is 0.494 e. The van der Waals surface area contributed by atoms with Gasteiger partial charge in [-0.25, -0.2) is 9.89 Å². The first-order valence-electron chi connectivity index (χ1n) is 12.9. The minimum Gasteiger partial charge on any atom is -0.494 e. The minimum atomic E-state index is -0.538. The molecule has 1 aliphatic heterocycles. The molecule has 1 aromatic carbocycles. The van der Waals surface area contributed by atoms with Crippen LogP contribution in [-0.2, 0) is 4.74 Å². The van der Waals surface area contributed by atoms with Crippen LogP contribution in [0.3, 0.4) is 0 Å². The summed E-state index contributed by atoms with van der Waals surface area (Å²) in [5.74, 6) is 1.37. The minimum absolute atomic E-state index is 0.207. The van der Waals surface area contributed by atoms with Crippen LogP contribution in [0.15, 0.2) is 53.7 Å². The molecule has 0 atom stereocenters. The second-order valence-corrected chi connectivity index (χ2v) is 10.8. The number of ether oxygens (including phenoxy) is 3. The summed E-state index contributed by atoms with van der Waals surface area (Å²) in [6.07, 6.45) is 4.23. The Kier molecular flexibility index (Phi) is 7.84. The molecule has 0 unspecified atom stereocenters. The average molecular weight is 580 g/mol. The lowest BCUT2D eigenvalue weighted by atomic mass is 10.2. The van der Waals surface area contributed by atoms with E-state index in [1.54, 1.807) is 30.3 Å². The lowest BCUT2D eigenvalue weighted by Crippen LogP contribution is -2.50. The number of carbonyl (C=O) groups excluding carboxylic acids is 1. The van der Waals surface area contributed by atoms with Crippen LogP contribution in [0, 0.1) is 0 Å². The number of amides is 1. The number of nitrogens with one attached hydrogen (secondary N) is 2. The standard InChI is InChI=1S/C28H30ClN7O5/c1-28(2,3)41-27(38)36-11-9-35(10-12-36)18-5-6-20(22(14-18)39-4)32-25-24-17(15-31-34-26(24)37)13-23(33-25)40-21-7-8-30-16-19(21)29/h5-8,13-16H,9-12H2,1-4H3,(H,32,33)(H,34,37). The van der Waals surface area contributed by atoms with E-state index in [9.17, 15) is 9.59 Å². The monoisotopic (exact) mass is 579 g/mol. The van der Waals surface area contributed by atoms with Crippen LogP contribution in [0.5, 0.6) is 17.4 Å². The predicted octanol–water partition coefficient (Wildman–Crippen LogP) is 4.97. The number of nitrogens with zero attached hydrogens (tertiary/aromatic N) is 5. The van der Waals surface area contributed by atoms with Crippen molar-refractivity contribution in [1.29, 1.82) is 0 Å². The van der Waals surface area contributed by atoms with Gasteiger partial charge in [-0.05, 0) is 32.9 Å². The fourth-order valence-electron chi connectivity index (χ4n) is 4.38. The molecule has 5 rings (SSSR count). The van der Waals surface area contributed by atoms with Gasteiger partial charge in [0, 0.05) is 67.8 Å². The lowest BCUT2D eigenvalue weighted by molar-refractivity contribution is 0.0240. The zero-order valence-corrected chi connectivity index (χ0v) is 23.9. The van der Waals surface area contributed by atoms with E-state index < -0.39 is 11.2 Å². The molecule has 0 radical (unpaired) electrons. The van der Waals surface area contributed by atoms with E-state index in [2.05, 4.69) is 30.4 Å². The molecule has 13 heteroatoms. The summed E-state index contributed by atoms with van der Waals surface area (Å²) in [6.45, 7) is 7.93. The van der Waals surface area contributed by atoms with Crippen LogP contribution >= 0.6 is 11.6 Å². The summed E-state index contributed by atoms with van der Waals surface area (Å²) >= 11 is 6.21. The highest BCUT2D eigenvalue weighted by Crippen LogP contribution is 2.35. The molecule has 214 valence electrons. The van der Waals surface area contributed by atoms with E-state index in [0.29, 0.717) is 59.2 Å². The Morgan fingerprint density at radius 1 is 1.07 bits per heavy atom. The van der Waals surface area contributed by atoms with Crippen molar-refractivity contribution in [2.75, 3.05) is 43.5 Å². The molecule has 2 N–H and O–H groups in total. The number of methoxy groups -OCH3 is 1. The highest BCUT2D eigenvalue weighted by molar-refractivity contribution is 6.31. The maximum atomic E-state index is 12.7. The Morgan fingerprint density at radius 2 is 1.85 bits per heavy atom. The Labute approximate surface area is 241 Å². The van der Waals surface area contributed by atoms with E-state index >= 15 is 0 Å². The van der Waals surface area contributed by atoms with Gasteiger partial charge in [0.1, 0.15) is 22.2 Å². The molecule has 1 amide bonds. The Bertz CT molecular complexity index is 1630.